The molecule has 0 saturated heterocycles. The van der Waals surface area contributed by atoms with Gasteiger partial charge in [-0.2, -0.15) is 5.10 Å². The van der Waals surface area contributed by atoms with Crippen molar-refractivity contribution in [2.24, 2.45) is 7.05 Å². The summed E-state index contributed by atoms with van der Waals surface area (Å²) in [7, 11) is 1.99. The second-order valence-electron chi connectivity index (χ2n) is 6.28. The lowest BCUT2D eigenvalue weighted by atomic mass is 9.93. The summed E-state index contributed by atoms with van der Waals surface area (Å²) in [5, 5.41) is 9.89. The Labute approximate surface area is 145 Å². The normalized spacial score (nSPS) is 17.0. The summed E-state index contributed by atoms with van der Waals surface area (Å²) in [6, 6.07) is 9.80. The first-order valence-electron chi connectivity index (χ1n) is 8.29. The van der Waals surface area contributed by atoms with E-state index in [9.17, 15) is 4.39 Å². The Morgan fingerprint density at radius 3 is 3.08 bits per heavy atom. The Hall–Kier alpha value is -1.98. The highest BCUT2D eigenvalue weighted by Crippen LogP contribution is 2.30. The number of halogens is 1. The van der Waals surface area contributed by atoms with Gasteiger partial charge in [0.1, 0.15) is 5.82 Å². The van der Waals surface area contributed by atoms with Gasteiger partial charge in [-0.25, -0.2) is 4.39 Å². The van der Waals surface area contributed by atoms with Crippen molar-refractivity contribution in [1.29, 1.82) is 0 Å². The minimum atomic E-state index is -0.143. The molecule has 3 nitrogen and oxygen atoms in total. The SMILES string of the molecule is Cn1ncc2c1CCC[C@@H]2NCc1ccc(-c2cccs2)cc1F. The molecule has 0 aliphatic heterocycles. The van der Waals surface area contributed by atoms with Crippen LogP contribution in [0.1, 0.15) is 35.7 Å². The van der Waals surface area contributed by atoms with Gasteiger partial charge in [0.25, 0.3) is 0 Å². The van der Waals surface area contributed by atoms with Gasteiger partial charge in [-0.05, 0) is 42.3 Å². The van der Waals surface area contributed by atoms with E-state index in [-0.39, 0.29) is 11.9 Å². The highest BCUT2D eigenvalue weighted by atomic mass is 32.1. The molecule has 1 aromatic carbocycles. The molecule has 1 atom stereocenters. The first-order valence-corrected chi connectivity index (χ1v) is 9.17. The van der Waals surface area contributed by atoms with E-state index in [1.807, 2.05) is 47.6 Å². The molecule has 0 unspecified atom stereocenters. The molecular formula is C19H20FN3S. The van der Waals surface area contributed by atoms with Crippen molar-refractivity contribution in [1.82, 2.24) is 15.1 Å². The molecule has 3 aromatic rings. The van der Waals surface area contributed by atoms with E-state index >= 15 is 0 Å². The van der Waals surface area contributed by atoms with Crippen LogP contribution in [0.3, 0.4) is 0 Å². The minimum absolute atomic E-state index is 0.143. The van der Waals surface area contributed by atoms with Crippen LogP contribution in [0.15, 0.2) is 41.9 Å². The van der Waals surface area contributed by atoms with E-state index in [1.54, 1.807) is 17.4 Å². The van der Waals surface area contributed by atoms with Gasteiger partial charge in [0, 0.05) is 41.3 Å². The van der Waals surface area contributed by atoms with Crippen LogP contribution in [0.2, 0.25) is 0 Å². The van der Waals surface area contributed by atoms with Crippen LogP contribution in [0.4, 0.5) is 4.39 Å². The smallest absolute Gasteiger partial charge is 0.128 e. The van der Waals surface area contributed by atoms with Gasteiger partial charge in [-0.1, -0.05) is 18.2 Å². The third-order valence-corrected chi connectivity index (χ3v) is 5.69. The molecule has 0 radical (unpaired) electrons. The molecule has 2 aromatic heterocycles. The van der Waals surface area contributed by atoms with E-state index in [2.05, 4.69) is 10.4 Å². The third kappa shape index (κ3) is 2.89. The maximum Gasteiger partial charge on any atom is 0.128 e. The molecular weight excluding hydrogens is 321 g/mol. The number of nitrogens with zero attached hydrogens (tertiary/aromatic N) is 2. The van der Waals surface area contributed by atoms with Gasteiger partial charge in [-0.15, -0.1) is 11.3 Å². The second kappa shape index (κ2) is 6.49. The zero-order chi connectivity index (χ0) is 16.5. The summed E-state index contributed by atoms with van der Waals surface area (Å²) in [6.45, 7) is 0.537. The number of nitrogens with one attached hydrogen (secondary N) is 1. The van der Waals surface area contributed by atoms with Crippen molar-refractivity contribution in [3.8, 4) is 10.4 Å². The van der Waals surface area contributed by atoms with Crippen LogP contribution < -0.4 is 5.32 Å². The molecule has 0 bridgehead atoms. The number of benzene rings is 1. The lowest BCUT2D eigenvalue weighted by Crippen LogP contribution is -2.25. The Morgan fingerprint density at radius 1 is 1.38 bits per heavy atom. The summed E-state index contributed by atoms with van der Waals surface area (Å²) in [5.41, 5.74) is 4.22. The molecule has 5 heteroatoms. The molecule has 2 heterocycles. The molecule has 0 spiro atoms. The van der Waals surface area contributed by atoms with Gasteiger partial charge >= 0.3 is 0 Å². The first-order chi connectivity index (χ1) is 11.7. The van der Waals surface area contributed by atoms with Gasteiger partial charge in [0.2, 0.25) is 0 Å². The summed E-state index contributed by atoms with van der Waals surface area (Å²) < 4.78 is 16.4. The van der Waals surface area contributed by atoms with Crippen LogP contribution in [-0.2, 0) is 20.0 Å². The Balaban J connectivity index is 1.49. The van der Waals surface area contributed by atoms with E-state index in [1.165, 1.54) is 11.3 Å². The zero-order valence-electron chi connectivity index (χ0n) is 13.6. The maximum absolute atomic E-state index is 14.4. The predicted molar refractivity (Wildman–Crippen MR) is 95.4 cm³/mol. The summed E-state index contributed by atoms with van der Waals surface area (Å²) >= 11 is 1.63. The molecule has 4 rings (SSSR count). The molecule has 0 saturated carbocycles. The molecule has 1 N–H and O–H groups in total. The summed E-state index contributed by atoms with van der Waals surface area (Å²) in [4.78, 5) is 1.10. The number of hydrogen-bond donors (Lipinski definition) is 1. The standard InChI is InChI=1S/C19H20FN3S/c1-23-18-5-2-4-17(15(18)12-22-23)21-11-14-8-7-13(10-16(14)20)19-6-3-9-24-19/h3,6-10,12,17,21H,2,4-5,11H2,1H3/t17-/m0/s1. The number of hydrogen-bond acceptors (Lipinski definition) is 3. The molecule has 0 fully saturated rings. The molecule has 1 aliphatic rings. The highest BCUT2D eigenvalue weighted by Gasteiger charge is 2.23. The minimum Gasteiger partial charge on any atom is -0.306 e. The van der Waals surface area contributed by atoms with E-state index in [0.29, 0.717) is 12.1 Å². The third-order valence-electron chi connectivity index (χ3n) is 4.77. The van der Waals surface area contributed by atoms with Crippen molar-refractivity contribution in [3.63, 3.8) is 0 Å². The fraction of sp³-hybridized carbons (Fsp3) is 0.316. The van der Waals surface area contributed by atoms with Crippen LogP contribution in [-0.4, -0.2) is 9.78 Å². The van der Waals surface area contributed by atoms with Gasteiger partial charge < -0.3 is 5.32 Å². The second-order valence-corrected chi connectivity index (χ2v) is 7.23. The highest BCUT2D eigenvalue weighted by molar-refractivity contribution is 7.13. The topological polar surface area (TPSA) is 29.9 Å². The van der Waals surface area contributed by atoms with Gasteiger partial charge in [-0.3, -0.25) is 4.68 Å². The van der Waals surface area contributed by atoms with Crippen molar-refractivity contribution < 1.29 is 4.39 Å². The number of fused-ring (bicyclic) bond motifs is 1. The molecule has 124 valence electrons. The Bertz CT molecular complexity index is 838. The average Bonchev–Trinajstić information content (AvgIpc) is 3.24. The number of aryl methyl sites for hydroxylation is 1. The molecule has 1 aliphatic carbocycles. The maximum atomic E-state index is 14.4. The molecule has 24 heavy (non-hydrogen) atoms. The Morgan fingerprint density at radius 2 is 2.29 bits per heavy atom. The van der Waals surface area contributed by atoms with E-state index < -0.39 is 0 Å². The van der Waals surface area contributed by atoms with Crippen LogP contribution in [0.5, 0.6) is 0 Å². The largest absolute Gasteiger partial charge is 0.306 e. The number of rotatable bonds is 4. The van der Waals surface area contributed by atoms with Gasteiger partial charge in [0.15, 0.2) is 0 Å². The van der Waals surface area contributed by atoms with Crippen molar-refractivity contribution in [3.05, 3.63) is 64.5 Å². The molecule has 0 amide bonds. The number of aromatic nitrogens is 2. The summed E-state index contributed by atoms with van der Waals surface area (Å²) in [5.74, 6) is -0.143. The lowest BCUT2D eigenvalue weighted by Gasteiger charge is -2.24. The monoisotopic (exact) mass is 341 g/mol. The van der Waals surface area contributed by atoms with Crippen LogP contribution >= 0.6 is 11.3 Å². The number of thiophene rings is 1. The average molecular weight is 341 g/mol. The van der Waals surface area contributed by atoms with Crippen molar-refractivity contribution in [2.45, 2.75) is 31.8 Å². The van der Waals surface area contributed by atoms with E-state index in [4.69, 9.17) is 0 Å². The van der Waals surface area contributed by atoms with Crippen LogP contribution in [0, 0.1) is 5.82 Å². The van der Waals surface area contributed by atoms with E-state index in [0.717, 1.165) is 29.7 Å². The lowest BCUT2D eigenvalue weighted by molar-refractivity contribution is 0.446. The van der Waals surface area contributed by atoms with Crippen molar-refractivity contribution in [2.75, 3.05) is 0 Å². The summed E-state index contributed by atoms with van der Waals surface area (Å²) in [6.07, 6.45) is 5.24. The first kappa shape index (κ1) is 15.5. The van der Waals surface area contributed by atoms with Crippen molar-refractivity contribution >= 4 is 11.3 Å². The predicted octanol–water partition coefficient (Wildman–Crippen LogP) is 4.45. The van der Waals surface area contributed by atoms with Gasteiger partial charge in [0.05, 0.1) is 6.20 Å². The Kier molecular flexibility index (Phi) is 4.21. The quantitative estimate of drug-likeness (QED) is 0.759. The van der Waals surface area contributed by atoms with Crippen LogP contribution in [0.25, 0.3) is 10.4 Å². The fourth-order valence-corrected chi connectivity index (χ4v) is 4.16. The fourth-order valence-electron chi connectivity index (χ4n) is 3.44. The zero-order valence-corrected chi connectivity index (χ0v) is 14.4.